The third-order valence-electron chi connectivity index (χ3n) is 2.38. The molecule has 0 aliphatic carbocycles. The van der Waals surface area contributed by atoms with E-state index >= 15 is 0 Å². The highest BCUT2D eigenvalue weighted by Crippen LogP contribution is 2.26. The molecule has 1 rings (SSSR count). The molecule has 0 saturated heterocycles. The summed E-state index contributed by atoms with van der Waals surface area (Å²) in [7, 11) is 0. The van der Waals surface area contributed by atoms with E-state index in [1.165, 1.54) is 0 Å². The summed E-state index contributed by atoms with van der Waals surface area (Å²) < 4.78 is 13.7. The first kappa shape index (κ1) is 15.9. The van der Waals surface area contributed by atoms with Crippen molar-refractivity contribution in [3.05, 3.63) is 33.6 Å². The number of halogens is 1. The van der Waals surface area contributed by atoms with E-state index in [1.54, 1.807) is 27.7 Å². The van der Waals surface area contributed by atoms with Gasteiger partial charge in [0, 0.05) is 12.1 Å². The van der Waals surface area contributed by atoms with Gasteiger partial charge in [-0.15, -0.1) is 0 Å². The molecule has 0 aromatic heterocycles. The van der Waals surface area contributed by atoms with Crippen LogP contribution in [0.15, 0.2) is 12.1 Å². The van der Waals surface area contributed by atoms with E-state index in [-0.39, 0.29) is 11.3 Å². The van der Waals surface area contributed by atoms with Crippen LogP contribution >= 0.6 is 0 Å². The summed E-state index contributed by atoms with van der Waals surface area (Å²) in [5.41, 5.74) is -1.19. The van der Waals surface area contributed by atoms with Gasteiger partial charge < -0.3 is 10.6 Å². The number of benzene rings is 1. The molecule has 0 saturated carbocycles. The van der Waals surface area contributed by atoms with Crippen molar-refractivity contribution in [2.75, 3.05) is 11.9 Å². The van der Waals surface area contributed by atoms with Gasteiger partial charge in [-0.1, -0.05) is 0 Å². The lowest BCUT2D eigenvalue weighted by molar-refractivity contribution is -0.385. The van der Waals surface area contributed by atoms with Crippen molar-refractivity contribution in [3.63, 3.8) is 0 Å². The van der Waals surface area contributed by atoms with E-state index < -0.39 is 27.9 Å². The van der Waals surface area contributed by atoms with Crippen LogP contribution in [0.1, 0.15) is 38.1 Å². The SMILES string of the molecule is CCNc1cc(C(=O)NC(C)(C)C)c([N+](=O)[O-])cc1F. The molecule has 0 atom stereocenters. The van der Waals surface area contributed by atoms with Crippen molar-refractivity contribution >= 4 is 17.3 Å². The standard InChI is InChI=1S/C13H18FN3O3/c1-5-15-10-6-8(12(18)16-13(2,3)4)11(17(19)20)7-9(10)14/h6-7,15H,5H2,1-4H3,(H,16,18). The number of anilines is 1. The molecule has 1 amide bonds. The van der Waals surface area contributed by atoms with Crippen molar-refractivity contribution in [3.8, 4) is 0 Å². The number of nitro benzene ring substituents is 1. The average Bonchev–Trinajstić information content (AvgIpc) is 2.28. The molecule has 6 nitrogen and oxygen atoms in total. The van der Waals surface area contributed by atoms with E-state index in [1.807, 2.05) is 0 Å². The fourth-order valence-electron chi connectivity index (χ4n) is 1.63. The maximum atomic E-state index is 13.7. The number of amides is 1. The third kappa shape index (κ3) is 3.91. The average molecular weight is 283 g/mol. The minimum Gasteiger partial charge on any atom is -0.383 e. The van der Waals surface area contributed by atoms with Crippen molar-refractivity contribution < 1.29 is 14.1 Å². The lowest BCUT2D eigenvalue weighted by Crippen LogP contribution is -2.40. The van der Waals surface area contributed by atoms with Crippen LogP contribution in [0.3, 0.4) is 0 Å². The Labute approximate surface area is 116 Å². The zero-order valence-electron chi connectivity index (χ0n) is 11.9. The highest BCUT2D eigenvalue weighted by atomic mass is 19.1. The van der Waals surface area contributed by atoms with Gasteiger partial charge >= 0.3 is 0 Å². The first-order valence-corrected chi connectivity index (χ1v) is 6.20. The van der Waals surface area contributed by atoms with Crippen molar-refractivity contribution in [2.24, 2.45) is 0 Å². The van der Waals surface area contributed by atoms with Gasteiger partial charge in [-0.2, -0.15) is 0 Å². The van der Waals surface area contributed by atoms with Gasteiger partial charge in [-0.3, -0.25) is 14.9 Å². The molecule has 0 radical (unpaired) electrons. The molecule has 0 fully saturated rings. The molecule has 0 aliphatic heterocycles. The molecular weight excluding hydrogens is 265 g/mol. The van der Waals surface area contributed by atoms with Crippen LogP contribution in [0.5, 0.6) is 0 Å². The summed E-state index contributed by atoms with van der Waals surface area (Å²) >= 11 is 0. The number of nitro groups is 1. The van der Waals surface area contributed by atoms with Crippen LogP contribution in [0, 0.1) is 15.9 Å². The molecule has 1 aromatic carbocycles. The Bertz CT molecular complexity index is 538. The molecule has 110 valence electrons. The van der Waals surface area contributed by atoms with Crippen LogP contribution in [0.4, 0.5) is 15.8 Å². The lowest BCUT2D eigenvalue weighted by atomic mass is 10.1. The van der Waals surface area contributed by atoms with E-state index in [2.05, 4.69) is 10.6 Å². The summed E-state index contributed by atoms with van der Waals surface area (Å²) in [5, 5.41) is 16.3. The Balaban J connectivity index is 3.30. The van der Waals surface area contributed by atoms with Crippen LogP contribution in [0.25, 0.3) is 0 Å². The van der Waals surface area contributed by atoms with Gasteiger partial charge in [0.05, 0.1) is 16.7 Å². The zero-order valence-corrected chi connectivity index (χ0v) is 11.9. The molecule has 0 aliphatic rings. The second-order valence-electron chi connectivity index (χ2n) is 5.34. The number of nitrogens with one attached hydrogen (secondary N) is 2. The molecular formula is C13H18FN3O3. The topological polar surface area (TPSA) is 84.3 Å². The Hall–Kier alpha value is -2.18. The zero-order chi connectivity index (χ0) is 15.5. The largest absolute Gasteiger partial charge is 0.383 e. The molecule has 1 aromatic rings. The summed E-state index contributed by atoms with van der Waals surface area (Å²) in [5.74, 6) is -1.37. The van der Waals surface area contributed by atoms with Gasteiger partial charge in [-0.25, -0.2) is 4.39 Å². The maximum absolute atomic E-state index is 13.7. The first-order chi connectivity index (χ1) is 9.15. The van der Waals surface area contributed by atoms with E-state index in [0.29, 0.717) is 6.54 Å². The molecule has 0 spiro atoms. The monoisotopic (exact) mass is 283 g/mol. The number of carbonyl (C=O) groups is 1. The summed E-state index contributed by atoms with van der Waals surface area (Å²) in [4.78, 5) is 22.3. The third-order valence-corrected chi connectivity index (χ3v) is 2.38. The van der Waals surface area contributed by atoms with Gasteiger partial charge in [0.25, 0.3) is 11.6 Å². The van der Waals surface area contributed by atoms with Gasteiger partial charge in [0.2, 0.25) is 0 Å². The number of hydrogen-bond donors (Lipinski definition) is 2. The van der Waals surface area contributed by atoms with Crippen LogP contribution in [-0.4, -0.2) is 22.9 Å². The van der Waals surface area contributed by atoms with Crippen molar-refractivity contribution in [1.82, 2.24) is 5.32 Å². The maximum Gasteiger partial charge on any atom is 0.285 e. The van der Waals surface area contributed by atoms with E-state index in [9.17, 15) is 19.3 Å². The highest BCUT2D eigenvalue weighted by molar-refractivity contribution is 5.99. The van der Waals surface area contributed by atoms with Gasteiger partial charge in [-0.05, 0) is 33.8 Å². The van der Waals surface area contributed by atoms with E-state index in [0.717, 1.165) is 12.1 Å². The predicted molar refractivity (Wildman–Crippen MR) is 74.4 cm³/mol. The summed E-state index contributed by atoms with van der Waals surface area (Å²) in [6.07, 6.45) is 0. The van der Waals surface area contributed by atoms with E-state index in [4.69, 9.17) is 0 Å². The minimum absolute atomic E-state index is 0.0668. The highest BCUT2D eigenvalue weighted by Gasteiger charge is 2.26. The second kappa shape index (κ2) is 5.85. The Morgan fingerprint density at radius 2 is 2.00 bits per heavy atom. The fraction of sp³-hybridized carbons (Fsp3) is 0.462. The smallest absolute Gasteiger partial charge is 0.285 e. The number of rotatable bonds is 4. The Kier molecular flexibility index (Phi) is 4.65. The summed E-state index contributed by atoms with van der Waals surface area (Å²) in [6, 6.07) is 1.92. The number of nitrogens with zero attached hydrogens (tertiary/aromatic N) is 1. The molecule has 0 heterocycles. The van der Waals surface area contributed by atoms with Crippen LogP contribution in [-0.2, 0) is 0 Å². The van der Waals surface area contributed by atoms with Crippen LogP contribution in [0.2, 0.25) is 0 Å². The van der Waals surface area contributed by atoms with Crippen LogP contribution < -0.4 is 10.6 Å². The summed E-state index contributed by atoms with van der Waals surface area (Å²) in [6.45, 7) is 7.47. The van der Waals surface area contributed by atoms with Gasteiger partial charge in [0.1, 0.15) is 5.56 Å². The molecule has 0 unspecified atom stereocenters. The molecule has 7 heteroatoms. The molecule has 2 N–H and O–H groups in total. The predicted octanol–water partition coefficient (Wildman–Crippen LogP) is 2.69. The van der Waals surface area contributed by atoms with Crippen molar-refractivity contribution in [1.29, 1.82) is 0 Å². The molecule has 20 heavy (non-hydrogen) atoms. The van der Waals surface area contributed by atoms with Crippen molar-refractivity contribution in [2.45, 2.75) is 33.2 Å². The Morgan fingerprint density at radius 1 is 1.40 bits per heavy atom. The number of hydrogen-bond acceptors (Lipinski definition) is 4. The first-order valence-electron chi connectivity index (χ1n) is 6.20. The van der Waals surface area contributed by atoms with Gasteiger partial charge in [0.15, 0.2) is 5.82 Å². The Morgan fingerprint density at radius 3 is 2.45 bits per heavy atom. The normalized spacial score (nSPS) is 11.1. The number of carbonyl (C=O) groups excluding carboxylic acids is 1. The lowest BCUT2D eigenvalue weighted by Gasteiger charge is -2.20. The minimum atomic E-state index is -0.767. The second-order valence-corrected chi connectivity index (χ2v) is 5.34. The fourth-order valence-corrected chi connectivity index (χ4v) is 1.63. The quantitative estimate of drug-likeness (QED) is 0.657. The molecule has 0 bridgehead atoms.